The van der Waals surface area contributed by atoms with Gasteiger partial charge in [0, 0.05) is 13.1 Å². The number of halogens is 3. The summed E-state index contributed by atoms with van der Waals surface area (Å²) in [5.41, 5.74) is 0.525. The van der Waals surface area contributed by atoms with Crippen LogP contribution in [0.2, 0.25) is 0 Å². The van der Waals surface area contributed by atoms with Gasteiger partial charge in [0.1, 0.15) is 0 Å². The summed E-state index contributed by atoms with van der Waals surface area (Å²) < 4.78 is 40.5. The van der Waals surface area contributed by atoms with Crippen molar-refractivity contribution in [2.45, 2.75) is 19.2 Å². The van der Waals surface area contributed by atoms with Crippen molar-refractivity contribution >= 4 is 5.69 Å². The van der Waals surface area contributed by atoms with Gasteiger partial charge in [-0.25, -0.2) is 0 Å². The molecule has 1 heterocycles. The van der Waals surface area contributed by atoms with Crippen LogP contribution in [0, 0.1) is 0 Å². The minimum atomic E-state index is -4.63. The van der Waals surface area contributed by atoms with Crippen LogP contribution in [0.15, 0.2) is 24.3 Å². The van der Waals surface area contributed by atoms with Gasteiger partial charge < -0.3 is 9.64 Å². The third kappa shape index (κ3) is 2.59. The van der Waals surface area contributed by atoms with E-state index < -0.39 is 6.36 Å². The third-order valence-corrected chi connectivity index (χ3v) is 2.54. The number of anilines is 1. The molecule has 1 saturated heterocycles. The lowest BCUT2D eigenvalue weighted by Gasteiger charge is -2.21. The van der Waals surface area contributed by atoms with E-state index in [2.05, 4.69) is 4.74 Å². The predicted molar refractivity (Wildman–Crippen MR) is 54.6 cm³/mol. The van der Waals surface area contributed by atoms with Crippen LogP contribution in [-0.4, -0.2) is 19.5 Å². The molecule has 0 aliphatic carbocycles. The summed E-state index contributed by atoms with van der Waals surface area (Å²) in [5.74, 6) is -0.114. The molecule has 0 amide bonds. The summed E-state index contributed by atoms with van der Waals surface area (Å²) in [7, 11) is 0. The largest absolute Gasteiger partial charge is 0.573 e. The SMILES string of the molecule is FC(F)(F)Oc1ccccc1N1CCCC1. The van der Waals surface area contributed by atoms with Gasteiger partial charge in [-0.05, 0) is 25.0 Å². The van der Waals surface area contributed by atoms with Crippen LogP contribution in [0.1, 0.15) is 12.8 Å². The van der Waals surface area contributed by atoms with Crippen LogP contribution in [0.3, 0.4) is 0 Å². The Morgan fingerprint density at radius 2 is 1.69 bits per heavy atom. The molecule has 1 aliphatic heterocycles. The molecule has 0 saturated carbocycles. The van der Waals surface area contributed by atoms with E-state index in [1.807, 2.05) is 4.90 Å². The Bertz CT molecular complexity index is 358. The maximum atomic E-state index is 12.2. The van der Waals surface area contributed by atoms with Crippen molar-refractivity contribution in [2.24, 2.45) is 0 Å². The van der Waals surface area contributed by atoms with E-state index >= 15 is 0 Å². The third-order valence-electron chi connectivity index (χ3n) is 2.54. The molecule has 0 bridgehead atoms. The highest BCUT2D eigenvalue weighted by molar-refractivity contribution is 5.58. The first-order valence-corrected chi connectivity index (χ1v) is 5.16. The molecule has 16 heavy (non-hydrogen) atoms. The molecule has 0 unspecified atom stereocenters. The Kier molecular flexibility index (Phi) is 2.94. The predicted octanol–water partition coefficient (Wildman–Crippen LogP) is 3.19. The zero-order valence-corrected chi connectivity index (χ0v) is 8.63. The monoisotopic (exact) mass is 231 g/mol. The summed E-state index contributed by atoms with van der Waals surface area (Å²) in [6.45, 7) is 1.58. The van der Waals surface area contributed by atoms with Gasteiger partial charge in [0.2, 0.25) is 0 Å². The zero-order valence-electron chi connectivity index (χ0n) is 8.63. The van der Waals surface area contributed by atoms with Crippen LogP contribution < -0.4 is 9.64 Å². The number of hydrogen-bond acceptors (Lipinski definition) is 2. The molecule has 1 aliphatic rings. The Morgan fingerprint density at radius 3 is 2.31 bits per heavy atom. The van der Waals surface area contributed by atoms with E-state index in [0.717, 1.165) is 25.9 Å². The molecule has 88 valence electrons. The summed E-state index contributed by atoms with van der Waals surface area (Å²) in [6.07, 6.45) is -2.60. The van der Waals surface area contributed by atoms with Crippen molar-refractivity contribution in [1.82, 2.24) is 0 Å². The van der Waals surface area contributed by atoms with Crippen LogP contribution in [0.4, 0.5) is 18.9 Å². The van der Waals surface area contributed by atoms with Crippen LogP contribution >= 0.6 is 0 Å². The van der Waals surface area contributed by atoms with Crippen molar-refractivity contribution in [3.8, 4) is 5.75 Å². The lowest BCUT2D eigenvalue weighted by molar-refractivity contribution is -0.274. The van der Waals surface area contributed by atoms with Crippen LogP contribution in [0.25, 0.3) is 0 Å². The maximum Gasteiger partial charge on any atom is 0.573 e. The van der Waals surface area contributed by atoms with Gasteiger partial charge in [-0.2, -0.15) is 0 Å². The molecule has 5 heteroatoms. The molecule has 2 nitrogen and oxygen atoms in total. The fourth-order valence-corrected chi connectivity index (χ4v) is 1.89. The van der Waals surface area contributed by atoms with Gasteiger partial charge in [0.25, 0.3) is 0 Å². The summed E-state index contributed by atoms with van der Waals surface area (Å²) in [4.78, 5) is 1.92. The average Bonchev–Trinajstić information content (AvgIpc) is 2.69. The molecule has 0 spiro atoms. The highest BCUT2D eigenvalue weighted by Gasteiger charge is 2.32. The van der Waals surface area contributed by atoms with Crippen LogP contribution in [0.5, 0.6) is 5.75 Å². The molecule has 0 N–H and O–H groups in total. The van der Waals surface area contributed by atoms with E-state index in [1.165, 1.54) is 6.07 Å². The number of benzene rings is 1. The Balaban J connectivity index is 2.23. The highest BCUT2D eigenvalue weighted by atomic mass is 19.4. The Hall–Kier alpha value is -1.39. The van der Waals surface area contributed by atoms with E-state index in [4.69, 9.17) is 0 Å². The zero-order chi connectivity index (χ0) is 11.6. The van der Waals surface area contributed by atoms with Crippen molar-refractivity contribution < 1.29 is 17.9 Å². The fourth-order valence-electron chi connectivity index (χ4n) is 1.89. The summed E-state index contributed by atoms with van der Waals surface area (Å²) in [6, 6.07) is 6.27. The topological polar surface area (TPSA) is 12.5 Å². The van der Waals surface area contributed by atoms with Gasteiger partial charge in [-0.15, -0.1) is 13.2 Å². The minimum absolute atomic E-state index is 0.114. The van der Waals surface area contributed by atoms with E-state index in [1.54, 1.807) is 18.2 Å². The molecule has 1 aromatic carbocycles. The molecule has 0 atom stereocenters. The van der Waals surface area contributed by atoms with Gasteiger partial charge >= 0.3 is 6.36 Å². The lowest BCUT2D eigenvalue weighted by Crippen LogP contribution is -2.22. The second-order valence-corrected chi connectivity index (χ2v) is 3.71. The second kappa shape index (κ2) is 4.23. The number of ether oxygens (including phenoxy) is 1. The fraction of sp³-hybridized carbons (Fsp3) is 0.455. The molecule has 2 rings (SSSR count). The van der Waals surface area contributed by atoms with Gasteiger partial charge in [0.15, 0.2) is 5.75 Å². The Labute approximate surface area is 91.6 Å². The molecule has 0 radical (unpaired) electrons. The smallest absolute Gasteiger partial charge is 0.404 e. The van der Waals surface area contributed by atoms with Gasteiger partial charge in [0.05, 0.1) is 5.69 Å². The average molecular weight is 231 g/mol. The molecule has 0 aromatic heterocycles. The maximum absolute atomic E-state index is 12.2. The van der Waals surface area contributed by atoms with Crippen molar-refractivity contribution in [1.29, 1.82) is 0 Å². The van der Waals surface area contributed by atoms with Crippen molar-refractivity contribution in [3.63, 3.8) is 0 Å². The minimum Gasteiger partial charge on any atom is -0.404 e. The first-order chi connectivity index (χ1) is 7.56. The number of rotatable bonds is 2. The standard InChI is InChI=1S/C11H12F3NO/c12-11(13,14)16-10-6-2-1-5-9(10)15-7-3-4-8-15/h1-2,5-6H,3-4,7-8H2. The molecular formula is C11H12F3NO. The van der Waals surface area contributed by atoms with Gasteiger partial charge in [-0.3, -0.25) is 0 Å². The second-order valence-electron chi connectivity index (χ2n) is 3.71. The van der Waals surface area contributed by atoms with Crippen molar-refractivity contribution in [2.75, 3.05) is 18.0 Å². The van der Waals surface area contributed by atoms with E-state index in [0.29, 0.717) is 5.69 Å². The Morgan fingerprint density at radius 1 is 1.06 bits per heavy atom. The first kappa shape index (κ1) is 11.1. The van der Waals surface area contributed by atoms with Gasteiger partial charge in [-0.1, -0.05) is 12.1 Å². The normalized spacial score (nSPS) is 16.6. The molecular weight excluding hydrogens is 219 g/mol. The number of nitrogens with zero attached hydrogens (tertiary/aromatic N) is 1. The summed E-state index contributed by atoms with van der Waals surface area (Å²) in [5, 5.41) is 0. The van der Waals surface area contributed by atoms with E-state index in [9.17, 15) is 13.2 Å². The quantitative estimate of drug-likeness (QED) is 0.775. The summed E-state index contributed by atoms with van der Waals surface area (Å²) >= 11 is 0. The number of para-hydroxylation sites is 2. The number of alkyl halides is 3. The van der Waals surface area contributed by atoms with Crippen LogP contribution in [-0.2, 0) is 0 Å². The molecule has 1 aromatic rings. The van der Waals surface area contributed by atoms with E-state index in [-0.39, 0.29) is 5.75 Å². The highest BCUT2D eigenvalue weighted by Crippen LogP contribution is 2.34. The number of hydrogen-bond donors (Lipinski definition) is 0. The first-order valence-electron chi connectivity index (χ1n) is 5.16. The lowest BCUT2D eigenvalue weighted by atomic mass is 10.2. The molecule has 1 fully saturated rings. The van der Waals surface area contributed by atoms with Crippen molar-refractivity contribution in [3.05, 3.63) is 24.3 Å².